The lowest BCUT2D eigenvalue weighted by atomic mass is 10.0. The lowest BCUT2D eigenvalue weighted by Crippen LogP contribution is -2.48. The quantitative estimate of drug-likeness (QED) is 0.759. The van der Waals surface area contributed by atoms with E-state index in [-0.39, 0.29) is 17.9 Å². The molecule has 1 aliphatic heterocycles. The molecule has 0 spiro atoms. The maximum Gasteiger partial charge on any atom is 0.239 e. The first-order valence-electron chi connectivity index (χ1n) is 6.18. The number of nitrogens with zero attached hydrogens (tertiary/aromatic N) is 1. The minimum absolute atomic E-state index is 0.0735. The molecule has 0 radical (unpaired) electrons. The summed E-state index contributed by atoms with van der Waals surface area (Å²) in [6.07, 6.45) is 1.06. The van der Waals surface area contributed by atoms with Crippen LogP contribution in [0.3, 0.4) is 0 Å². The van der Waals surface area contributed by atoms with Crippen molar-refractivity contribution < 1.29 is 9.53 Å². The first kappa shape index (κ1) is 13.5. The van der Waals surface area contributed by atoms with Crippen molar-refractivity contribution in [1.82, 2.24) is 4.90 Å². The Balaban J connectivity index is 2.48. The lowest BCUT2D eigenvalue weighted by Gasteiger charge is -2.28. The van der Waals surface area contributed by atoms with Gasteiger partial charge in [-0.1, -0.05) is 13.8 Å². The van der Waals surface area contributed by atoms with E-state index in [1.165, 1.54) is 0 Å². The molecule has 2 atom stereocenters. The summed E-state index contributed by atoms with van der Waals surface area (Å²) in [5.41, 5.74) is 5.89. The number of amides is 1. The Morgan fingerprint density at radius 2 is 2.25 bits per heavy atom. The van der Waals surface area contributed by atoms with E-state index in [9.17, 15) is 4.79 Å². The second kappa shape index (κ2) is 6.21. The Morgan fingerprint density at radius 3 is 2.69 bits per heavy atom. The summed E-state index contributed by atoms with van der Waals surface area (Å²) < 4.78 is 5.32. The molecule has 1 fully saturated rings. The van der Waals surface area contributed by atoms with E-state index in [0.717, 1.165) is 32.7 Å². The van der Waals surface area contributed by atoms with E-state index in [4.69, 9.17) is 10.5 Å². The average Bonchev–Trinajstić information content (AvgIpc) is 2.76. The van der Waals surface area contributed by atoms with Crippen molar-refractivity contribution in [3.05, 3.63) is 0 Å². The summed E-state index contributed by atoms with van der Waals surface area (Å²) in [6.45, 7) is 9.09. The van der Waals surface area contributed by atoms with Crippen LogP contribution >= 0.6 is 0 Å². The van der Waals surface area contributed by atoms with Crippen molar-refractivity contribution in [1.29, 1.82) is 0 Å². The molecule has 1 unspecified atom stereocenters. The zero-order chi connectivity index (χ0) is 12.1. The van der Waals surface area contributed by atoms with Crippen molar-refractivity contribution in [2.24, 2.45) is 17.6 Å². The standard InChI is InChI=1S/C12H24N2O2/c1-4-14(7-10-5-6-16-8-10)12(15)11(13)9(2)3/h9-11H,4-8,13H2,1-3H3/t10?,11-/m0/s1. The molecule has 16 heavy (non-hydrogen) atoms. The minimum Gasteiger partial charge on any atom is -0.381 e. The molecule has 0 saturated carbocycles. The molecule has 0 bridgehead atoms. The van der Waals surface area contributed by atoms with Crippen LogP contribution in [0.15, 0.2) is 0 Å². The fraction of sp³-hybridized carbons (Fsp3) is 0.917. The van der Waals surface area contributed by atoms with Gasteiger partial charge in [-0.2, -0.15) is 0 Å². The first-order chi connectivity index (χ1) is 7.56. The van der Waals surface area contributed by atoms with E-state index in [0.29, 0.717) is 5.92 Å². The van der Waals surface area contributed by atoms with Crippen molar-refractivity contribution >= 4 is 5.91 Å². The van der Waals surface area contributed by atoms with Gasteiger partial charge in [0.05, 0.1) is 12.6 Å². The number of rotatable bonds is 5. The Kier molecular flexibility index (Phi) is 5.22. The first-order valence-corrected chi connectivity index (χ1v) is 6.18. The SMILES string of the molecule is CCN(CC1CCOC1)C(=O)[C@@H](N)C(C)C. The third kappa shape index (κ3) is 3.46. The van der Waals surface area contributed by atoms with Crippen molar-refractivity contribution in [3.8, 4) is 0 Å². The zero-order valence-electron chi connectivity index (χ0n) is 10.6. The summed E-state index contributed by atoms with van der Waals surface area (Å²) in [5.74, 6) is 0.758. The number of carbonyl (C=O) groups excluding carboxylic acids is 1. The summed E-state index contributed by atoms with van der Waals surface area (Å²) >= 11 is 0. The summed E-state index contributed by atoms with van der Waals surface area (Å²) in [4.78, 5) is 13.9. The van der Waals surface area contributed by atoms with Crippen molar-refractivity contribution in [3.63, 3.8) is 0 Å². The zero-order valence-corrected chi connectivity index (χ0v) is 10.6. The molecule has 1 rings (SSSR count). The van der Waals surface area contributed by atoms with Gasteiger partial charge >= 0.3 is 0 Å². The fourth-order valence-corrected chi connectivity index (χ4v) is 1.91. The molecule has 4 nitrogen and oxygen atoms in total. The van der Waals surface area contributed by atoms with Crippen LogP contribution in [0.5, 0.6) is 0 Å². The Hall–Kier alpha value is -0.610. The molecule has 4 heteroatoms. The van der Waals surface area contributed by atoms with E-state index in [1.54, 1.807) is 0 Å². The largest absolute Gasteiger partial charge is 0.381 e. The predicted octanol–water partition coefficient (Wildman–Crippen LogP) is 0.855. The molecular weight excluding hydrogens is 204 g/mol. The van der Waals surface area contributed by atoms with Gasteiger partial charge < -0.3 is 15.4 Å². The van der Waals surface area contributed by atoms with Crippen LogP contribution in [0.25, 0.3) is 0 Å². The van der Waals surface area contributed by atoms with Gasteiger partial charge in [0.2, 0.25) is 5.91 Å². The number of nitrogens with two attached hydrogens (primary N) is 1. The predicted molar refractivity (Wildman–Crippen MR) is 64.0 cm³/mol. The van der Waals surface area contributed by atoms with Gasteiger partial charge in [0.25, 0.3) is 0 Å². The van der Waals surface area contributed by atoms with Gasteiger partial charge in [-0.05, 0) is 19.3 Å². The second-order valence-corrected chi connectivity index (χ2v) is 4.88. The molecule has 0 aromatic carbocycles. The van der Waals surface area contributed by atoms with E-state index >= 15 is 0 Å². The molecule has 0 aliphatic carbocycles. The monoisotopic (exact) mass is 228 g/mol. The molecule has 0 aromatic rings. The maximum atomic E-state index is 12.1. The molecule has 1 aliphatic rings. The van der Waals surface area contributed by atoms with Gasteiger partial charge in [-0.3, -0.25) is 4.79 Å². The van der Waals surface area contributed by atoms with Crippen molar-refractivity contribution in [2.75, 3.05) is 26.3 Å². The number of ether oxygens (including phenoxy) is 1. The third-order valence-corrected chi connectivity index (χ3v) is 3.20. The highest BCUT2D eigenvalue weighted by Crippen LogP contribution is 2.15. The Bertz CT molecular complexity index is 225. The number of carbonyl (C=O) groups is 1. The Labute approximate surface area is 98.1 Å². The van der Waals surface area contributed by atoms with Crippen LogP contribution in [-0.2, 0) is 9.53 Å². The maximum absolute atomic E-state index is 12.1. The molecule has 1 heterocycles. The third-order valence-electron chi connectivity index (χ3n) is 3.20. The van der Waals surface area contributed by atoms with Gasteiger partial charge in [-0.15, -0.1) is 0 Å². The number of hydrogen-bond acceptors (Lipinski definition) is 3. The lowest BCUT2D eigenvalue weighted by molar-refractivity contribution is -0.134. The molecule has 94 valence electrons. The van der Waals surface area contributed by atoms with Crippen LogP contribution in [0, 0.1) is 11.8 Å². The topological polar surface area (TPSA) is 55.6 Å². The van der Waals surface area contributed by atoms with Crippen molar-refractivity contribution in [2.45, 2.75) is 33.2 Å². The molecule has 1 saturated heterocycles. The molecular formula is C12H24N2O2. The summed E-state index contributed by atoms with van der Waals surface area (Å²) in [6, 6.07) is -0.373. The molecule has 0 aromatic heterocycles. The summed E-state index contributed by atoms with van der Waals surface area (Å²) in [7, 11) is 0. The van der Waals surface area contributed by atoms with Crippen LogP contribution in [0.4, 0.5) is 0 Å². The molecule has 1 amide bonds. The number of likely N-dealkylation sites (N-methyl/N-ethyl adjacent to an activating group) is 1. The average molecular weight is 228 g/mol. The van der Waals surface area contributed by atoms with Gasteiger partial charge in [0.1, 0.15) is 0 Å². The van der Waals surface area contributed by atoms with Gasteiger partial charge in [-0.25, -0.2) is 0 Å². The van der Waals surface area contributed by atoms with Crippen LogP contribution in [0.2, 0.25) is 0 Å². The fourth-order valence-electron chi connectivity index (χ4n) is 1.91. The van der Waals surface area contributed by atoms with E-state index in [2.05, 4.69) is 0 Å². The van der Waals surface area contributed by atoms with Gasteiger partial charge in [0, 0.05) is 25.6 Å². The smallest absolute Gasteiger partial charge is 0.239 e. The number of hydrogen-bond donors (Lipinski definition) is 1. The molecule has 2 N–H and O–H groups in total. The van der Waals surface area contributed by atoms with E-state index < -0.39 is 0 Å². The van der Waals surface area contributed by atoms with Crippen LogP contribution < -0.4 is 5.73 Å². The highest BCUT2D eigenvalue weighted by atomic mass is 16.5. The Morgan fingerprint density at radius 1 is 1.56 bits per heavy atom. The normalized spacial score (nSPS) is 22.4. The highest BCUT2D eigenvalue weighted by molar-refractivity contribution is 5.81. The minimum atomic E-state index is -0.373. The van der Waals surface area contributed by atoms with Crippen LogP contribution in [-0.4, -0.2) is 43.2 Å². The second-order valence-electron chi connectivity index (χ2n) is 4.88. The van der Waals surface area contributed by atoms with E-state index in [1.807, 2.05) is 25.7 Å². The van der Waals surface area contributed by atoms with Gasteiger partial charge in [0.15, 0.2) is 0 Å². The summed E-state index contributed by atoms with van der Waals surface area (Å²) in [5, 5.41) is 0. The van der Waals surface area contributed by atoms with Crippen LogP contribution in [0.1, 0.15) is 27.2 Å². The highest BCUT2D eigenvalue weighted by Gasteiger charge is 2.26.